The number of carbonyl (C=O) groups excluding carboxylic acids is 2. The minimum absolute atomic E-state index is 0.375. The molecule has 0 saturated heterocycles. The Balaban J connectivity index is 3.91. The molecule has 0 spiro atoms. The van der Waals surface area contributed by atoms with Crippen LogP contribution in [0.2, 0.25) is 0 Å². The van der Waals surface area contributed by atoms with E-state index in [1.807, 2.05) is 5.32 Å². The van der Waals surface area contributed by atoms with Crippen molar-refractivity contribution in [2.24, 2.45) is 0 Å². The smallest absolute Gasteiger partial charge is 0.328 e. The number of hydrogen-bond acceptors (Lipinski definition) is 5. The SMILES string of the molecule is COC(=O)CNC(=O)NC(CO)C(=O)O. The lowest BCUT2D eigenvalue weighted by molar-refractivity contribution is -0.140. The first-order valence-electron chi connectivity index (χ1n) is 3.96. The highest BCUT2D eigenvalue weighted by Crippen LogP contribution is 1.82. The highest BCUT2D eigenvalue weighted by molar-refractivity contribution is 5.85. The summed E-state index contributed by atoms with van der Waals surface area (Å²) < 4.78 is 4.23. The van der Waals surface area contributed by atoms with Crippen LogP contribution in [-0.4, -0.2) is 54.5 Å². The quantitative estimate of drug-likeness (QED) is 0.393. The first-order valence-corrected chi connectivity index (χ1v) is 3.96. The van der Waals surface area contributed by atoms with E-state index in [0.29, 0.717) is 0 Å². The molecule has 0 aromatic rings. The lowest BCUT2D eigenvalue weighted by Gasteiger charge is -2.11. The zero-order valence-electron chi connectivity index (χ0n) is 8.02. The van der Waals surface area contributed by atoms with Crippen LogP contribution in [0.25, 0.3) is 0 Å². The van der Waals surface area contributed by atoms with Gasteiger partial charge in [0.2, 0.25) is 0 Å². The van der Waals surface area contributed by atoms with E-state index in [1.54, 1.807) is 0 Å². The van der Waals surface area contributed by atoms with Crippen LogP contribution in [0, 0.1) is 0 Å². The number of carboxylic acids is 1. The fraction of sp³-hybridized carbons (Fsp3) is 0.571. The van der Waals surface area contributed by atoms with Gasteiger partial charge in [-0.25, -0.2) is 9.59 Å². The molecule has 86 valence electrons. The molecule has 0 aliphatic carbocycles. The van der Waals surface area contributed by atoms with Crippen molar-refractivity contribution < 1.29 is 29.3 Å². The zero-order valence-corrected chi connectivity index (χ0v) is 8.02. The lowest BCUT2D eigenvalue weighted by atomic mass is 10.3. The van der Waals surface area contributed by atoms with Crippen molar-refractivity contribution in [2.45, 2.75) is 6.04 Å². The normalized spacial score (nSPS) is 11.3. The van der Waals surface area contributed by atoms with E-state index >= 15 is 0 Å². The van der Waals surface area contributed by atoms with Crippen molar-refractivity contribution in [3.8, 4) is 0 Å². The number of carboxylic acid groups (broad SMARTS) is 1. The van der Waals surface area contributed by atoms with Crippen LogP contribution in [-0.2, 0) is 14.3 Å². The number of methoxy groups -OCH3 is 1. The molecule has 15 heavy (non-hydrogen) atoms. The summed E-state index contributed by atoms with van der Waals surface area (Å²) in [5.74, 6) is -2.04. The Kier molecular flexibility index (Phi) is 5.79. The Morgan fingerprint density at radius 1 is 1.40 bits per heavy atom. The maximum Gasteiger partial charge on any atom is 0.328 e. The van der Waals surface area contributed by atoms with Crippen molar-refractivity contribution in [2.75, 3.05) is 20.3 Å². The van der Waals surface area contributed by atoms with Gasteiger partial charge in [0.1, 0.15) is 6.54 Å². The van der Waals surface area contributed by atoms with E-state index < -0.39 is 30.6 Å². The van der Waals surface area contributed by atoms with Crippen molar-refractivity contribution in [3.63, 3.8) is 0 Å². The third-order valence-electron chi connectivity index (χ3n) is 1.41. The molecule has 0 aliphatic heterocycles. The minimum atomic E-state index is -1.40. The molecular formula is C7H12N2O6. The van der Waals surface area contributed by atoms with E-state index in [0.717, 1.165) is 7.11 Å². The summed E-state index contributed by atoms with van der Waals surface area (Å²) in [7, 11) is 1.15. The summed E-state index contributed by atoms with van der Waals surface area (Å²) in [6.07, 6.45) is 0. The van der Waals surface area contributed by atoms with E-state index in [-0.39, 0.29) is 6.54 Å². The molecule has 0 aromatic carbocycles. The van der Waals surface area contributed by atoms with Gasteiger partial charge in [0.25, 0.3) is 0 Å². The number of nitrogens with one attached hydrogen (secondary N) is 2. The minimum Gasteiger partial charge on any atom is -0.480 e. The number of amides is 2. The Bertz CT molecular complexity index is 254. The van der Waals surface area contributed by atoms with Gasteiger partial charge >= 0.3 is 18.0 Å². The number of aliphatic carboxylic acids is 1. The van der Waals surface area contributed by atoms with Crippen molar-refractivity contribution in [1.82, 2.24) is 10.6 Å². The standard InChI is InChI=1S/C7H12N2O6/c1-15-5(11)2-8-7(14)9-4(3-10)6(12)13/h4,10H,2-3H2,1H3,(H,12,13)(H2,8,9,14). The Morgan fingerprint density at radius 3 is 2.40 bits per heavy atom. The fourth-order valence-electron chi connectivity index (χ4n) is 0.619. The summed E-state index contributed by atoms with van der Waals surface area (Å²) >= 11 is 0. The maximum atomic E-state index is 10.9. The summed E-state index contributed by atoms with van der Waals surface area (Å²) in [6, 6.07) is -2.27. The molecule has 0 heterocycles. The molecule has 4 N–H and O–H groups in total. The third kappa shape index (κ3) is 5.47. The highest BCUT2D eigenvalue weighted by Gasteiger charge is 2.18. The van der Waals surface area contributed by atoms with Gasteiger partial charge in [-0.05, 0) is 0 Å². The van der Waals surface area contributed by atoms with E-state index in [4.69, 9.17) is 10.2 Å². The number of ether oxygens (including phenoxy) is 1. The highest BCUT2D eigenvalue weighted by atomic mass is 16.5. The molecule has 8 heteroatoms. The number of aliphatic hydroxyl groups is 1. The average molecular weight is 220 g/mol. The van der Waals surface area contributed by atoms with Crippen molar-refractivity contribution >= 4 is 18.0 Å². The average Bonchev–Trinajstić information content (AvgIpc) is 2.21. The molecule has 1 atom stereocenters. The summed E-state index contributed by atoms with van der Waals surface area (Å²) in [5.41, 5.74) is 0. The topological polar surface area (TPSA) is 125 Å². The van der Waals surface area contributed by atoms with Crippen LogP contribution in [0.3, 0.4) is 0 Å². The van der Waals surface area contributed by atoms with Crippen molar-refractivity contribution in [1.29, 1.82) is 0 Å². The molecule has 0 bridgehead atoms. The maximum absolute atomic E-state index is 10.9. The van der Waals surface area contributed by atoms with Gasteiger partial charge < -0.3 is 25.6 Å². The first-order chi connectivity index (χ1) is 7.01. The second-order valence-electron chi connectivity index (χ2n) is 2.48. The second-order valence-corrected chi connectivity index (χ2v) is 2.48. The molecule has 0 aromatic heterocycles. The predicted molar refractivity (Wildman–Crippen MR) is 47.1 cm³/mol. The van der Waals surface area contributed by atoms with Gasteiger partial charge in [0.05, 0.1) is 13.7 Å². The van der Waals surface area contributed by atoms with Crippen LogP contribution in [0.1, 0.15) is 0 Å². The molecule has 0 saturated carbocycles. The monoisotopic (exact) mass is 220 g/mol. The van der Waals surface area contributed by atoms with Gasteiger partial charge in [0.15, 0.2) is 6.04 Å². The molecular weight excluding hydrogens is 208 g/mol. The fourth-order valence-corrected chi connectivity index (χ4v) is 0.619. The van der Waals surface area contributed by atoms with Crippen molar-refractivity contribution in [3.05, 3.63) is 0 Å². The van der Waals surface area contributed by atoms with Crippen LogP contribution < -0.4 is 10.6 Å². The number of urea groups is 1. The molecule has 0 fully saturated rings. The second kappa shape index (κ2) is 6.60. The number of hydrogen-bond donors (Lipinski definition) is 4. The van der Waals surface area contributed by atoms with E-state index in [9.17, 15) is 14.4 Å². The molecule has 0 rings (SSSR count). The summed E-state index contributed by atoms with van der Waals surface area (Å²) in [5, 5.41) is 21.0. The molecule has 1 unspecified atom stereocenters. The van der Waals surface area contributed by atoms with Crippen LogP contribution >= 0.6 is 0 Å². The van der Waals surface area contributed by atoms with Gasteiger partial charge in [-0.1, -0.05) is 0 Å². The Hall–Kier alpha value is -1.83. The van der Waals surface area contributed by atoms with E-state index in [1.165, 1.54) is 0 Å². The number of carbonyl (C=O) groups is 3. The van der Waals surface area contributed by atoms with Crippen LogP contribution in [0.15, 0.2) is 0 Å². The largest absolute Gasteiger partial charge is 0.480 e. The van der Waals surface area contributed by atoms with Gasteiger partial charge in [-0.3, -0.25) is 4.79 Å². The number of esters is 1. The molecule has 2 amide bonds. The van der Waals surface area contributed by atoms with E-state index in [2.05, 4.69) is 10.1 Å². The predicted octanol–water partition coefficient (Wildman–Crippen LogP) is -2.10. The molecule has 0 radical (unpaired) electrons. The van der Waals surface area contributed by atoms with Crippen LogP contribution in [0.5, 0.6) is 0 Å². The lowest BCUT2D eigenvalue weighted by Crippen LogP contribution is -2.48. The van der Waals surface area contributed by atoms with Gasteiger partial charge in [-0.2, -0.15) is 0 Å². The molecule has 0 aliphatic rings. The summed E-state index contributed by atoms with van der Waals surface area (Å²) in [4.78, 5) is 31.9. The Morgan fingerprint density at radius 2 is 2.00 bits per heavy atom. The van der Waals surface area contributed by atoms with Gasteiger partial charge in [-0.15, -0.1) is 0 Å². The van der Waals surface area contributed by atoms with Gasteiger partial charge in [0, 0.05) is 0 Å². The Labute approximate surface area is 85.2 Å². The first kappa shape index (κ1) is 13.2. The number of rotatable bonds is 5. The molecule has 8 nitrogen and oxygen atoms in total. The zero-order chi connectivity index (χ0) is 11.8. The summed E-state index contributed by atoms with van der Waals surface area (Å²) in [6.45, 7) is -1.11. The van der Waals surface area contributed by atoms with Crippen LogP contribution in [0.4, 0.5) is 4.79 Å². The number of aliphatic hydroxyl groups excluding tert-OH is 1. The third-order valence-corrected chi connectivity index (χ3v) is 1.41.